The van der Waals surface area contributed by atoms with Crippen LogP contribution in [-0.4, -0.2) is 50.1 Å². The molecule has 1 saturated heterocycles. The minimum atomic E-state index is 0.596. The molecule has 0 bridgehead atoms. The minimum absolute atomic E-state index is 0.596. The third kappa shape index (κ3) is 6.10. The Morgan fingerprint density at radius 1 is 1.36 bits per heavy atom. The highest BCUT2D eigenvalue weighted by Gasteiger charge is 2.14. The number of furan rings is 1. The number of nitrogens with zero attached hydrogens (tertiary/aromatic N) is 2. The molecule has 2 heterocycles. The second-order valence-electron chi connectivity index (χ2n) is 6.09. The van der Waals surface area contributed by atoms with Crippen molar-refractivity contribution in [1.82, 2.24) is 15.5 Å². The highest BCUT2D eigenvalue weighted by molar-refractivity contribution is 5.79. The van der Waals surface area contributed by atoms with E-state index in [1.807, 2.05) is 12.1 Å². The molecule has 1 atom stereocenters. The lowest BCUT2D eigenvalue weighted by Gasteiger charge is -2.19. The summed E-state index contributed by atoms with van der Waals surface area (Å²) >= 11 is 0. The molecule has 5 nitrogen and oxygen atoms in total. The molecule has 22 heavy (non-hydrogen) atoms. The molecule has 0 amide bonds. The Morgan fingerprint density at radius 2 is 2.18 bits per heavy atom. The second kappa shape index (κ2) is 9.51. The van der Waals surface area contributed by atoms with E-state index >= 15 is 0 Å². The predicted molar refractivity (Wildman–Crippen MR) is 91.2 cm³/mol. The molecule has 124 valence electrons. The van der Waals surface area contributed by atoms with Crippen LogP contribution in [0.25, 0.3) is 0 Å². The molecule has 1 aliphatic rings. The lowest BCUT2D eigenvalue weighted by atomic mass is 10.2. The van der Waals surface area contributed by atoms with Gasteiger partial charge in [0.05, 0.1) is 6.26 Å². The van der Waals surface area contributed by atoms with Crippen LogP contribution in [0.1, 0.15) is 32.4 Å². The number of aliphatic imine (C=N–C) groups is 1. The summed E-state index contributed by atoms with van der Waals surface area (Å²) in [6, 6.07) is 3.93. The Balaban J connectivity index is 1.70. The van der Waals surface area contributed by atoms with E-state index in [-0.39, 0.29) is 0 Å². The van der Waals surface area contributed by atoms with E-state index in [0.29, 0.717) is 5.92 Å². The molecule has 0 saturated carbocycles. The lowest BCUT2D eigenvalue weighted by Crippen LogP contribution is -2.39. The van der Waals surface area contributed by atoms with Crippen LogP contribution in [0.5, 0.6) is 0 Å². The summed E-state index contributed by atoms with van der Waals surface area (Å²) in [6.07, 6.45) is 5.30. The van der Waals surface area contributed by atoms with E-state index in [2.05, 4.69) is 29.4 Å². The average molecular weight is 306 g/mol. The van der Waals surface area contributed by atoms with Crippen molar-refractivity contribution < 1.29 is 4.42 Å². The van der Waals surface area contributed by atoms with Gasteiger partial charge in [-0.2, -0.15) is 0 Å². The molecule has 1 aromatic heterocycles. The predicted octanol–water partition coefficient (Wildman–Crippen LogP) is 2.11. The standard InChI is InChI=1S/C17H30N4O/c1-3-18-17(19-9-8-16-7-6-12-22-16)20-13-15(2)14-21-10-4-5-11-21/h6-7,12,15H,3-5,8-11,13-14H2,1-2H3,(H2,18,19,20). The van der Waals surface area contributed by atoms with Crippen LogP contribution < -0.4 is 10.6 Å². The normalized spacial score (nSPS) is 17.6. The highest BCUT2D eigenvalue weighted by Crippen LogP contribution is 2.10. The van der Waals surface area contributed by atoms with Crippen molar-refractivity contribution in [3.63, 3.8) is 0 Å². The summed E-state index contributed by atoms with van der Waals surface area (Å²) in [5.41, 5.74) is 0. The smallest absolute Gasteiger partial charge is 0.191 e. The number of rotatable bonds is 8. The zero-order valence-corrected chi connectivity index (χ0v) is 14.0. The fourth-order valence-corrected chi connectivity index (χ4v) is 2.81. The number of hydrogen-bond acceptors (Lipinski definition) is 3. The minimum Gasteiger partial charge on any atom is -0.469 e. The highest BCUT2D eigenvalue weighted by atomic mass is 16.3. The summed E-state index contributed by atoms with van der Waals surface area (Å²) in [5, 5.41) is 6.68. The van der Waals surface area contributed by atoms with Crippen LogP contribution >= 0.6 is 0 Å². The first kappa shape index (κ1) is 16.9. The van der Waals surface area contributed by atoms with Crippen molar-refractivity contribution in [1.29, 1.82) is 0 Å². The average Bonchev–Trinajstić information content (AvgIpc) is 3.18. The molecule has 0 aliphatic carbocycles. The summed E-state index contributed by atoms with van der Waals surface area (Å²) in [5.74, 6) is 2.51. The third-order valence-corrected chi connectivity index (χ3v) is 3.92. The third-order valence-electron chi connectivity index (χ3n) is 3.92. The van der Waals surface area contributed by atoms with Gasteiger partial charge in [-0.3, -0.25) is 4.99 Å². The van der Waals surface area contributed by atoms with E-state index in [4.69, 9.17) is 9.41 Å². The fraction of sp³-hybridized carbons (Fsp3) is 0.706. The van der Waals surface area contributed by atoms with Gasteiger partial charge in [-0.05, 0) is 50.9 Å². The quantitative estimate of drug-likeness (QED) is 0.570. The van der Waals surface area contributed by atoms with Gasteiger partial charge >= 0.3 is 0 Å². The molecule has 0 aromatic carbocycles. The van der Waals surface area contributed by atoms with Crippen molar-refractivity contribution in [2.75, 3.05) is 39.3 Å². The van der Waals surface area contributed by atoms with Crippen LogP contribution in [0, 0.1) is 5.92 Å². The topological polar surface area (TPSA) is 52.8 Å². The molecule has 0 spiro atoms. The summed E-state index contributed by atoms with van der Waals surface area (Å²) in [6.45, 7) is 10.6. The van der Waals surface area contributed by atoms with E-state index < -0.39 is 0 Å². The maximum atomic E-state index is 5.34. The summed E-state index contributed by atoms with van der Waals surface area (Å²) in [4.78, 5) is 7.26. The van der Waals surface area contributed by atoms with Gasteiger partial charge < -0.3 is 20.0 Å². The van der Waals surface area contributed by atoms with Crippen molar-refractivity contribution in [2.45, 2.75) is 33.1 Å². The Hall–Kier alpha value is -1.49. The summed E-state index contributed by atoms with van der Waals surface area (Å²) < 4.78 is 5.34. The van der Waals surface area contributed by atoms with Gasteiger partial charge in [0.25, 0.3) is 0 Å². The van der Waals surface area contributed by atoms with Crippen LogP contribution in [0.2, 0.25) is 0 Å². The molecular formula is C17H30N4O. The first-order valence-electron chi connectivity index (χ1n) is 8.55. The number of nitrogens with one attached hydrogen (secondary N) is 2. The molecule has 0 radical (unpaired) electrons. The molecule has 1 aromatic rings. The van der Waals surface area contributed by atoms with Crippen LogP contribution in [-0.2, 0) is 6.42 Å². The van der Waals surface area contributed by atoms with Crippen molar-refractivity contribution in [3.8, 4) is 0 Å². The first-order valence-corrected chi connectivity index (χ1v) is 8.55. The lowest BCUT2D eigenvalue weighted by molar-refractivity contribution is 0.291. The molecular weight excluding hydrogens is 276 g/mol. The molecule has 5 heteroatoms. The first-order chi connectivity index (χ1) is 10.8. The fourth-order valence-electron chi connectivity index (χ4n) is 2.81. The van der Waals surface area contributed by atoms with E-state index in [1.165, 1.54) is 25.9 Å². The van der Waals surface area contributed by atoms with Crippen LogP contribution in [0.4, 0.5) is 0 Å². The van der Waals surface area contributed by atoms with E-state index in [9.17, 15) is 0 Å². The van der Waals surface area contributed by atoms with E-state index in [0.717, 1.165) is 44.3 Å². The van der Waals surface area contributed by atoms with Gasteiger partial charge in [0, 0.05) is 32.6 Å². The number of guanidine groups is 1. The zero-order valence-electron chi connectivity index (χ0n) is 14.0. The van der Waals surface area contributed by atoms with Gasteiger partial charge in [-0.15, -0.1) is 0 Å². The Bertz CT molecular complexity index is 424. The molecule has 2 N–H and O–H groups in total. The largest absolute Gasteiger partial charge is 0.469 e. The molecule has 2 rings (SSSR count). The second-order valence-corrected chi connectivity index (χ2v) is 6.09. The van der Waals surface area contributed by atoms with Crippen molar-refractivity contribution >= 4 is 5.96 Å². The maximum absolute atomic E-state index is 5.34. The van der Waals surface area contributed by atoms with Crippen molar-refractivity contribution in [2.24, 2.45) is 10.9 Å². The SMILES string of the molecule is CCNC(=NCC(C)CN1CCCC1)NCCc1ccco1. The van der Waals surface area contributed by atoms with Gasteiger partial charge in [0.2, 0.25) is 0 Å². The Morgan fingerprint density at radius 3 is 2.86 bits per heavy atom. The number of hydrogen-bond donors (Lipinski definition) is 2. The molecule has 1 fully saturated rings. The summed E-state index contributed by atoms with van der Waals surface area (Å²) in [7, 11) is 0. The molecule has 1 aliphatic heterocycles. The van der Waals surface area contributed by atoms with Gasteiger partial charge in [0.15, 0.2) is 5.96 Å². The van der Waals surface area contributed by atoms with Crippen LogP contribution in [0.15, 0.2) is 27.8 Å². The zero-order chi connectivity index (χ0) is 15.6. The van der Waals surface area contributed by atoms with Crippen molar-refractivity contribution in [3.05, 3.63) is 24.2 Å². The van der Waals surface area contributed by atoms with E-state index in [1.54, 1.807) is 6.26 Å². The van der Waals surface area contributed by atoms with Gasteiger partial charge in [-0.25, -0.2) is 0 Å². The van der Waals surface area contributed by atoms with Gasteiger partial charge in [-0.1, -0.05) is 6.92 Å². The molecule has 1 unspecified atom stereocenters. The van der Waals surface area contributed by atoms with Gasteiger partial charge in [0.1, 0.15) is 5.76 Å². The Kier molecular flexibility index (Phi) is 7.30. The number of likely N-dealkylation sites (tertiary alicyclic amines) is 1. The Labute approximate surface area is 134 Å². The maximum Gasteiger partial charge on any atom is 0.191 e. The monoisotopic (exact) mass is 306 g/mol. The van der Waals surface area contributed by atoms with Crippen LogP contribution in [0.3, 0.4) is 0 Å².